The van der Waals surface area contributed by atoms with Crippen LogP contribution in [0.1, 0.15) is 19.0 Å². The second-order valence-electron chi connectivity index (χ2n) is 7.60. The summed E-state index contributed by atoms with van der Waals surface area (Å²) in [5.41, 5.74) is 10.5. The third kappa shape index (κ3) is 3.69. The van der Waals surface area contributed by atoms with Crippen molar-refractivity contribution in [3.05, 3.63) is 40.8 Å². The maximum atomic E-state index is 6.68. The van der Waals surface area contributed by atoms with Gasteiger partial charge in [0.1, 0.15) is 17.2 Å². The molecule has 2 aliphatic heterocycles. The second-order valence-corrected chi connectivity index (χ2v) is 9.02. The molecule has 1 atom stereocenters. The second kappa shape index (κ2) is 8.00. The van der Waals surface area contributed by atoms with Crippen LogP contribution >= 0.6 is 23.4 Å². The number of hydrogen-bond acceptors (Lipinski definition) is 7. The van der Waals surface area contributed by atoms with Gasteiger partial charge in [0, 0.05) is 35.9 Å². The summed E-state index contributed by atoms with van der Waals surface area (Å²) in [6, 6.07) is 6.22. The molecule has 0 amide bonds. The molecule has 1 saturated heterocycles. The number of allylic oxidation sites excluding steroid dienone is 1. The van der Waals surface area contributed by atoms with Gasteiger partial charge in [-0.15, -0.1) is 6.42 Å². The van der Waals surface area contributed by atoms with E-state index in [9.17, 15) is 0 Å². The maximum absolute atomic E-state index is 6.68. The molecule has 1 aromatic carbocycles. The van der Waals surface area contributed by atoms with Gasteiger partial charge in [0.2, 0.25) is 0 Å². The standard InChI is InChI=1S/C22H22ClN7S/c1-3-13-10-25-16-6-5-14(9-17(16)26-13)31-22-28-20-18(19(23)15(4-2)27-20)21(29-22)30-8-7-12(24)11-30/h1,5-6,9-10,12,25-26H,4,7-8,11,24H2,2H3,(H,27,28,29)/t12-/m0/s1. The number of halogens is 1. The van der Waals surface area contributed by atoms with Crippen LogP contribution in [0.15, 0.2) is 40.1 Å². The molecule has 2 aromatic heterocycles. The van der Waals surface area contributed by atoms with E-state index in [-0.39, 0.29) is 6.04 Å². The van der Waals surface area contributed by atoms with E-state index in [1.54, 1.807) is 6.20 Å². The number of nitrogens with zero attached hydrogens (tertiary/aromatic N) is 3. The van der Waals surface area contributed by atoms with Crippen molar-refractivity contribution in [1.82, 2.24) is 15.0 Å². The van der Waals surface area contributed by atoms with E-state index < -0.39 is 0 Å². The number of hydrogen-bond donors (Lipinski definition) is 4. The average Bonchev–Trinajstić information content (AvgIpc) is 3.35. The molecule has 158 valence electrons. The van der Waals surface area contributed by atoms with Crippen LogP contribution < -0.4 is 21.3 Å². The zero-order chi connectivity index (χ0) is 21.5. The first kappa shape index (κ1) is 20.1. The number of nitrogens with two attached hydrogens (primary N) is 1. The number of benzene rings is 1. The van der Waals surface area contributed by atoms with Crippen LogP contribution in [0.4, 0.5) is 17.2 Å². The summed E-state index contributed by atoms with van der Waals surface area (Å²) in [4.78, 5) is 16.3. The van der Waals surface area contributed by atoms with Crippen molar-refractivity contribution in [2.45, 2.75) is 35.9 Å². The summed E-state index contributed by atoms with van der Waals surface area (Å²) >= 11 is 8.18. The van der Waals surface area contributed by atoms with E-state index in [1.807, 2.05) is 18.2 Å². The minimum absolute atomic E-state index is 0.141. The Labute approximate surface area is 189 Å². The molecule has 9 heteroatoms. The van der Waals surface area contributed by atoms with Crippen LogP contribution in [-0.4, -0.2) is 34.1 Å². The number of aryl methyl sites for hydroxylation is 1. The van der Waals surface area contributed by atoms with Crippen LogP contribution in [0.25, 0.3) is 11.0 Å². The third-order valence-corrected chi connectivity index (χ3v) is 6.77. The smallest absolute Gasteiger partial charge is 0.196 e. The Bertz CT molecular complexity index is 1240. The number of aromatic nitrogens is 3. The lowest BCUT2D eigenvalue weighted by molar-refractivity contribution is 0.751. The van der Waals surface area contributed by atoms with Gasteiger partial charge in [-0.3, -0.25) is 0 Å². The minimum Gasteiger partial charge on any atom is -0.358 e. The summed E-state index contributed by atoms with van der Waals surface area (Å²) in [7, 11) is 0. The van der Waals surface area contributed by atoms with Gasteiger partial charge in [-0.1, -0.05) is 24.4 Å². The molecule has 7 nitrogen and oxygen atoms in total. The predicted octanol–water partition coefficient (Wildman–Crippen LogP) is 4.17. The highest BCUT2D eigenvalue weighted by Crippen LogP contribution is 2.39. The normalized spacial score (nSPS) is 17.7. The zero-order valence-corrected chi connectivity index (χ0v) is 18.6. The lowest BCUT2D eigenvalue weighted by atomic mass is 10.2. The monoisotopic (exact) mass is 451 g/mol. The van der Waals surface area contributed by atoms with Crippen LogP contribution in [0.3, 0.4) is 0 Å². The minimum atomic E-state index is 0.141. The largest absolute Gasteiger partial charge is 0.358 e. The number of H-pyrrole nitrogens is 1. The SMILES string of the molecule is C#CC1=CNc2ccc(Sc3nc(N4CC[C@H](N)C4)c4c(Cl)c(CC)[nH]c4n3)cc2N1. The van der Waals surface area contributed by atoms with Crippen molar-refractivity contribution in [3.8, 4) is 12.3 Å². The lowest BCUT2D eigenvalue weighted by Gasteiger charge is -2.19. The quantitative estimate of drug-likeness (QED) is 0.349. The summed E-state index contributed by atoms with van der Waals surface area (Å²) in [6.07, 6.45) is 9.02. The van der Waals surface area contributed by atoms with Gasteiger partial charge in [0.15, 0.2) is 5.16 Å². The van der Waals surface area contributed by atoms with Crippen molar-refractivity contribution < 1.29 is 0 Å². The van der Waals surface area contributed by atoms with Gasteiger partial charge in [0.25, 0.3) is 0 Å². The highest BCUT2D eigenvalue weighted by atomic mass is 35.5. The molecule has 5 rings (SSSR count). The van der Waals surface area contributed by atoms with E-state index in [0.29, 0.717) is 15.9 Å². The maximum Gasteiger partial charge on any atom is 0.196 e. The molecule has 3 aromatic rings. The first-order valence-electron chi connectivity index (χ1n) is 10.2. The van der Waals surface area contributed by atoms with Crippen LogP contribution in [0.2, 0.25) is 5.02 Å². The highest BCUT2D eigenvalue weighted by Gasteiger charge is 2.26. The highest BCUT2D eigenvalue weighted by molar-refractivity contribution is 7.99. The lowest BCUT2D eigenvalue weighted by Crippen LogP contribution is -2.27. The van der Waals surface area contributed by atoms with Crippen LogP contribution in [-0.2, 0) is 6.42 Å². The molecule has 0 bridgehead atoms. The Morgan fingerprint density at radius 3 is 2.97 bits per heavy atom. The van der Waals surface area contributed by atoms with Crippen molar-refractivity contribution in [2.24, 2.45) is 5.73 Å². The van der Waals surface area contributed by atoms with E-state index in [1.165, 1.54) is 11.8 Å². The molecular weight excluding hydrogens is 430 g/mol. The Hall–Kier alpha value is -2.86. The van der Waals surface area contributed by atoms with Crippen LogP contribution in [0, 0.1) is 12.3 Å². The molecule has 2 aliphatic rings. The fourth-order valence-electron chi connectivity index (χ4n) is 3.90. The molecule has 31 heavy (non-hydrogen) atoms. The molecule has 5 N–H and O–H groups in total. The van der Waals surface area contributed by atoms with Gasteiger partial charge in [-0.2, -0.15) is 0 Å². The van der Waals surface area contributed by atoms with E-state index in [4.69, 9.17) is 33.7 Å². The van der Waals surface area contributed by atoms with Crippen molar-refractivity contribution in [2.75, 3.05) is 28.6 Å². The van der Waals surface area contributed by atoms with Crippen molar-refractivity contribution in [3.63, 3.8) is 0 Å². The summed E-state index contributed by atoms with van der Waals surface area (Å²) in [5.74, 6) is 3.46. The number of rotatable bonds is 4. The van der Waals surface area contributed by atoms with Gasteiger partial charge in [-0.05, 0) is 42.8 Å². The first-order valence-corrected chi connectivity index (χ1v) is 11.4. The first-order chi connectivity index (χ1) is 15.1. The average molecular weight is 452 g/mol. The summed E-state index contributed by atoms with van der Waals surface area (Å²) in [6.45, 7) is 3.68. The van der Waals surface area contributed by atoms with Crippen molar-refractivity contribution in [1.29, 1.82) is 0 Å². The fraction of sp³-hybridized carbons (Fsp3) is 0.273. The number of terminal acetylenes is 1. The molecule has 0 saturated carbocycles. The molecule has 4 heterocycles. The van der Waals surface area contributed by atoms with Gasteiger partial charge < -0.3 is 26.3 Å². The van der Waals surface area contributed by atoms with Gasteiger partial charge in [0.05, 0.1) is 21.8 Å². The molecule has 0 unspecified atom stereocenters. The third-order valence-electron chi connectivity index (χ3n) is 5.50. The molecule has 0 aliphatic carbocycles. The Kier molecular flexibility index (Phi) is 5.18. The fourth-order valence-corrected chi connectivity index (χ4v) is 5.05. The topological polar surface area (TPSA) is 94.9 Å². The molecule has 0 spiro atoms. The molecule has 1 fully saturated rings. The molecular formula is C22H22ClN7S. The van der Waals surface area contributed by atoms with Gasteiger partial charge in [-0.25, -0.2) is 9.97 Å². The number of fused-ring (bicyclic) bond motifs is 2. The Balaban J connectivity index is 1.53. The number of aromatic amines is 1. The Morgan fingerprint density at radius 1 is 1.35 bits per heavy atom. The van der Waals surface area contributed by atoms with E-state index in [0.717, 1.165) is 64.7 Å². The predicted molar refractivity (Wildman–Crippen MR) is 128 cm³/mol. The molecule has 0 radical (unpaired) electrons. The summed E-state index contributed by atoms with van der Waals surface area (Å²) < 4.78 is 0. The Morgan fingerprint density at radius 2 is 2.23 bits per heavy atom. The van der Waals surface area contributed by atoms with Gasteiger partial charge >= 0.3 is 0 Å². The van der Waals surface area contributed by atoms with Crippen LogP contribution in [0.5, 0.6) is 0 Å². The number of anilines is 3. The number of nitrogens with one attached hydrogen (secondary N) is 3. The van der Waals surface area contributed by atoms with E-state index in [2.05, 4.69) is 33.4 Å². The zero-order valence-electron chi connectivity index (χ0n) is 17.0. The van der Waals surface area contributed by atoms with E-state index >= 15 is 0 Å². The van der Waals surface area contributed by atoms with Crippen molar-refractivity contribution >= 4 is 51.6 Å². The summed E-state index contributed by atoms with van der Waals surface area (Å²) in [5, 5.41) is 8.66.